The minimum absolute atomic E-state index is 0.0607. The quantitative estimate of drug-likeness (QED) is 0.506. The van der Waals surface area contributed by atoms with Crippen LogP contribution in [0.5, 0.6) is 5.75 Å². The molecule has 5 heteroatoms. The van der Waals surface area contributed by atoms with Gasteiger partial charge in [0, 0.05) is 16.0 Å². The van der Waals surface area contributed by atoms with Gasteiger partial charge in [0.2, 0.25) is 5.76 Å². The largest absolute Gasteiger partial charge is 0.449 e. The summed E-state index contributed by atoms with van der Waals surface area (Å²) >= 11 is 5.76. The molecule has 0 atom stereocenters. The molecular weight excluding hydrogens is 295 g/mol. The van der Waals surface area contributed by atoms with Gasteiger partial charge in [-0.2, -0.15) is 0 Å². The number of ether oxygens (including phenoxy) is 1. The normalized spacial score (nSPS) is 10.8. The summed E-state index contributed by atoms with van der Waals surface area (Å²) in [6.45, 7) is 1.68. The van der Waals surface area contributed by atoms with E-state index in [0.717, 1.165) is 0 Å². The van der Waals surface area contributed by atoms with Crippen molar-refractivity contribution in [3.8, 4) is 5.75 Å². The molecule has 1 aromatic heterocycles. The Hall–Kier alpha value is -2.33. The van der Waals surface area contributed by atoms with E-state index in [1.54, 1.807) is 31.2 Å². The number of hydrogen-bond donors (Lipinski definition) is 0. The highest BCUT2D eigenvalue weighted by atomic mass is 35.5. The number of halogens is 2. The number of carbonyl (C=O) groups is 1. The number of aryl methyl sites for hydroxylation is 1. The van der Waals surface area contributed by atoms with Crippen LogP contribution in [0.4, 0.5) is 4.39 Å². The van der Waals surface area contributed by atoms with Crippen LogP contribution in [0.15, 0.2) is 46.9 Å². The first-order valence-corrected chi connectivity index (χ1v) is 6.59. The van der Waals surface area contributed by atoms with Crippen LogP contribution in [0, 0.1) is 12.7 Å². The highest BCUT2D eigenvalue weighted by Gasteiger charge is 2.20. The Balaban J connectivity index is 1.94. The maximum Gasteiger partial charge on any atom is 0.379 e. The molecule has 3 nitrogen and oxygen atoms in total. The minimum atomic E-state index is -0.633. The van der Waals surface area contributed by atoms with E-state index in [9.17, 15) is 9.18 Å². The zero-order chi connectivity index (χ0) is 15.0. The lowest BCUT2D eigenvalue weighted by molar-refractivity contribution is 0.0703. The lowest BCUT2D eigenvalue weighted by Crippen LogP contribution is -2.08. The van der Waals surface area contributed by atoms with Gasteiger partial charge in [-0.15, -0.1) is 0 Å². The second kappa shape index (κ2) is 5.22. The first-order valence-electron chi connectivity index (χ1n) is 6.21. The number of hydrogen-bond acceptors (Lipinski definition) is 3. The Labute approximate surface area is 124 Å². The smallest absolute Gasteiger partial charge is 0.379 e. The highest BCUT2D eigenvalue weighted by molar-refractivity contribution is 6.30. The van der Waals surface area contributed by atoms with Gasteiger partial charge < -0.3 is 9.15 Å². The molecule has 0 amide bonds. The average Bonchev–Trinajstić information content (AvgIpc) is 2.79. The van der Waals surface area contributed by atoms with Gasteiger partial charge in [-0.05, 0) is 49.4 Å². The van der Waals surface area contributed by atoms with E-state index in [4.69, 9.17) is 20.8 Å². The molecule has 0 N–H and O–H groups in total. The number of esters is 1. The Kier molecular flexibility index (Phi) is 3.39. The van der Waals surface area contributed by atoms with Gasteiger partial charge in [0.15, 0.2) is 0 Å². The fourth-order valence-electron chi connectivity index (χ4n) is 2.04. The van der Waals surface area contributed by atoms with Gasteiger partial charge in [0.1, 0.15) is 17.1 Å². The van der Waals surface area contributed by atoms with Gasteiger partial charge in [0.05, 0.1) is 0 Å². The lowest BCUT2D eigenvalue weighted by Gasteiger charge is -2.02. The van der Waals surface area contributed by atoms with Gasteiger partial charge in [0.25, 0.3) is 0 Å². The molecule has 3 rings (SSSR count). The molecule has 0 aliphatic heterocycles. The SMILES string of the molecule is Cc1c(C(=O)Oc2ccc(Cl)cc2)oc2ccc(F)cc12. The summed E-state index contributed by atoms with van der Waals surface area (Å²) in [4.78, 5) is 12.1. The standard InChI is InChI=1S/C16H10ClFO3/c1-9-13-8-11(18)4-7-14(13)21-15(9)16(19)20-12-5-2-10(17)3-6-12/h2-8H,1H3. The van der Waals surface area contributed by atoms with Gasteiger partial charge in [-0.25, -0.2) is 9.18 Å². The minimum Gasteiger partial charge on any atom is -0.449 e. The van der Waals surface area contributed by atoms with E-state index in [1.165, 1.54) is 18.2 Å². The molecule has 0 bridgehead atoms. The van der Waals surface area contributed by atoms with Crippen molar-refractivity contribution in [2.24, 2.45) is 0 Å². The summed E-state index contributed by atoms with van der Waals surface area (Å²) in [5, 5.41) is 1.10. The maximum absolute atomic E-state index is 13.2. The number of fused-ring (bicyclic) bond motifs is 1. The first kappa shape index (κ1) is 13.6. The average molecular weight is 305 g/mol. The molecule has 0 saturated heterocycles. The molecule has 3 aromatic rings. The number of furan rings is 1. The molecule has 0 saturated carbocycles. The van der Waals surface area contributed by atoms with E-state index in [2.05, 4.69) is 0 Å². The van der Waals surface area contributed by atoms with E-state index in [0.29, 0.717) is 27.3 Å². The summed E-state index contributed by atoms with van der Waals surface area (Å²) in [7, 11) is 0. The van der Waals surface area contributed by atoms with Crippen molar-refractivity contribution >= 4 is 28.5 Å². The fraction of sp³-hybridized carbons (Fsp3) is 0.0625. The monoisotopic (exact) mass is 304 g/mol. The molecule has 0 spiro atoms. The van der Waals surface area contributed by atoms with Crippen molar-refractivity contribution in [2.75, 3.05) is 0 Å². The third-order valence-electron chi connectivity index (χ3n) is 3.11. The van der Waals surface area contributed by atoms with Crippen LogP contribution in [0.2, 0.25) is 5.02 Å². The predicted octanol–water partition coefficient (Wildman–Crippen LogP) is 4.75. The lowest BCUT2D eigenvalue weighted by atomic mass is 10.1. The zero-order valence-electron chi connectivity index (χ0n) is 11.0. The summed E-state index contributed by atoms with van der Waals surface area (Å²) in [5.74, 6) is -0.601. The second-order valence-corrected chi connectivity index (χ2v) is 4.98. The van der Waals surface area contributed by atoms with Crippen LogP contribution in [-0.2, 0) is 0 Å². The highest BCUT2D eigenvalue weighted by Crippen LogP contribution is 2.27. The maximum atomic E-state index is 13.2. The molecule has 2 aromatic carbocycles. The number of carbonyl (C=O) groups excluding carboxylic acids is 1. The molecule has 106 valence electrons. The second-order valence-electron chi connectivity index (χ2n) is 4.54. The van der Waals surface area contributed by atoms with Crippen LogP contribution in [0.3, 0.4) is 0 Å². The summed E-state index contributed by atoms with van der Waals surface area (Å²) in [5.41, 5.74) is 0.986. The van der Waals surface area contributed by atoms with Crippen LogP contribution in [-0.4, -0.2) is 5.97 Å². The van der Waals surface area contributed by atoms with Crippen molar-refractivity contribution in [1.82, 2.24) is 0 Å². The van der Waals surface area contributed by atoms with E-state index in [1.807, 2.05) is 0 Å². The van der Waals surface area contributed by atoms with Gasteiger partial charge >= 0.3 is 5.97 Å². The zero-order valence-corrected chi connectivity index (χ0v) is 11.8. The van der Waals surface area contributed by atoms with Crippen LogP contribution in [0.1, 0.15) is 16.1 Å². The third-order valence-corrected chi connectivity index (χ3v) is 3.36. The summed E-state index contributed by atoms with van der Waals surface area (Å²) in [6, 6.07) is 10.5. The van der Waals surface area contributed by atoms with Crippen LogP contribution in [0.25, 0.3) is 11.0 Å². The molecule has 0 aliphatic rings. The van der Waals surface area contributed by atoms with Crippen molar-refractivity contribution in [3.63, 3.8) is 0 Å². The molecule has 0 unspecified atom stereocenters. The number of benzene rings is 2. The Morgan fingerprint density at radius 1 is 1.19 bits per heavy atom. The van der Waals surface area contributed by atoms with Gasteiger partial charge in [-0.3, -0.25) is 0 Å². The van der Waals surface area contributed by atoms with Crippen molar-refractivity contribution in [1.29, 1.82) is 0 Å². The number of rotatable bonds is 2. The molecule has 0 radical (unpaired) electrons. The van der Waals surface area contributed by atoms with Crippen LogP contribution >= 0.6 is 11.6 Å². The van der Waals surface area contributed by atoms with Gasteiger partial charge in [-0.1, -0.05) is 11.6 Å². The molecular formula is C16H10ClFO3. The summed E-state index contributed by atoms with van der Waals surface area (Å²) < 4.78 is 23.9. The predicted molar refractivity (Wildman–Crippen MR) is 77.3 cm³/mol. The third kappa shape index (κ3) is 2.62. The van der Waals surface area contributed by atoms with Crippen LogP contribution < -0.4 is 4.74 Å². The first-order chi connectivity index (χ1) is 10.0. The van der Waals surface area contributed by atoms with E-state index in [-0.39, 0.29) is 11.6 Å². The van der Waals surface area contributed by atoms with Crippen molar-refractivity contribution in [3.05, 3.63) is 64.6 Å². The summed E-state index contributed by atoms with van der Waals surface area (Å²) in [6.07, 6.45) is 0. The van der Waals surface area contributed by atoms with Crippen molar-refractivity contribution < 1.29 is 18.3 Å². The Bertz CT molecular complexity index is 821. The molecule has 21 heavy (non-hydrogen) atoms. The van der Waals surface area contributed by atoms with Crippen molar-refractivity contribution in [2.45, 2.75) is 6.92 Å². The Morgan fingerprint density at radius 3 is 2.62 bits per heavy atom. The molecule has 1 heterocycles. The van der Waals surface area contributed by atoms with E-state index < -0.39 is 5.97 Å². The molecule has 0 fully saturated rings. The van der Waals surface area contributed by atoms with E-state index >= 15 is 0 Å². The Morgan fingerprint density at radius 2 is 1.90 bits per heavy atom. The fourth-order valence-corrected chi connectivity index (χ4v) is 2.17. The molecule has 0 aliphatic carbocycles. The topological polar surface area (TPSA) is 39.4 Å².